The van der Waals surface area contributed by atoms with Crippen LogP contribution < -0.4 is 9.47 Å². The van der Waals surface area contributed by atoms with Gasteiger partial charge in [-0.05, 0) is 38.0 Å². The van der Waals surface area contributed by atoms with E-state index in [1.807, 2.05) is 26.8 Å². The van der Waals surface area contributed by atoms with Crippen LogP contribution in [0.1, 0.15) is 45.1 Å². The smallest absolute Gasteiger partial charge is 0.310 e. The van der Waals surface area contributed by atoms with Crippen LogP contribution >= 0.6 is 0 Å². The highest BCUT2D eigenvalue weighted by molar-refractivity contribution is 5.76. The van der Waals surface area contributed by atoms with E-state index in [2.05, 4.69) is 0 Å². The molecule has 19 heavy (non-hydrogen) atoms. The highest BCUT2D eigenvalue weighted by Crippen LogP contribution is 2.32. The van der Waals surface area contributed by atoms with E-state index in [0.29, 0.717) is 31.1 Å². The van der Waals surface area contributed by atoms with Crippen LogP contribution in [0.2, 0.25) is 0 Å². The molecule has 106 valence electrons. The van der Waals surface area contributed by atoms with Crippen LogP contribution in [-0.2, 0) is 4.79 Å². The summed E-state index contributed by atoms with van der Waals surface area (Å²) in [6.07, 6.45) is 1.45. The Kier molecular flexibility index (Phi) is 6.19. The van der Waals surface area contributed by atoms with Crippen molar-refractivity contribution in [3.8, 4) is 11.5 Å². The Hall–Kier alpha value is -1.71. The molecule has 0 aromatic heterocycles. The van der Waals surface area contributed by atoms with Crippen LogP contribution in [0.25, 0.3) is 0 Å². The molecule has 1 N–H and O–H groups in total. The Morgan fingerprint density at radius 2 is 1.79 bits per heavy atom. The summed E-state index contributed by atoms with van der Waals surface area (Å²) in [5.74, 6) is -0.00807. The lowest BCUT2D eigenvalue weighted by Gasteiger charge is -2.16. The van der Waals surface area contributed by atoms with Crippen LogP contribution in [0, 0.1) is 0 Å². The lowest BCUT2D eigenvalue weighted by Crippen LogP contribution is -2.11. The van der Waals surface area contributed by atoms with Crippen LogP contribution in [-0.4, -0.2) is 24.3 Å². The van der Waals surface area contributed by atoms with Crippen molar-refractivity contribution in [2.75, 3.05) is 13.2 Å². The van der Waals surface area contributed by atoms with Gasteiger partial charge in [-0.3, -0.25) is 4.79 Å². The Balaban J connectivity index is 3.07. The Morgan fingerprint density at radius 3 is 2.32 bits per heavy atom. The summed E-state index contributed by atoms with van der Waals surface area (Å²) in [7, 11) is 0. The molecule has 0 heterocycles. The molecule has 1 rings (SSSR count). The first-order valence-electron chi connectivity index (χ1n) is 6.76. The molecule has 0 fully saturated rings. The first-order chi connectivity index (χ1) is 9.13. The Morgan fingerprint density at radius 1 is 1.16 bits per heavy atom. The van der Waals surface area contributed by atoms with E-state index in [1.54, 1.807) is 12.1 Å². The number of aliphatic carboxylic acids is 1. The Bertz CT molecular complexity index is 415. The van der Waals surface area contributed by atoms with Gasteiger partial charge in [-0.1, -0.05) is 19.4 Å². The molecule has 4 heteroatoms. The second kappa shape index (κ2) is 7.67. The standard InChI is InChI=1S/C15H22O4/c1-4-7-12(15(16)17)11-8-9-13(18-5-2)14(10-11)19-6-3/h8-10,12H,4-7H2,1-3H3,(H,16,17). The number of carboxylic acids is 1. The zero-order valence-corrected chi connectivity index (χ0v) is 11.8. The van der Waals surface area contributed by atoms with Crippen molar-refractivity contribution in [3.05, 3.63) is 23.8 Å². The van der Waals surface area contributed by atoms with E-state index in [9.17, 15) is 9.90 Å². The summed E-state index contributed by atoms with van der Waals surface area (Å²) in [6, 6.07) is 5.38. The molecular formula is C15H22O4. The van der Waals surface area contributed by atoms with Crippen molar-refractivity contribution in [3.63, 3.8) is 0 Å². The average molecular weight is 266 g/mol. The maximum absolute atomic E-state index is 11.3. The van der Waals surface area contributed by atoms with E-state index in [1.165, 1.54) is 0 Å². The molecule has 1 aromatic rings. The van der Waals surface area contributed by atoms with Crippen molar-refractivity contribution in [1.82, 2.24) is 0 Å². The largest absolute Gasteiger partial charge is 0.490 e. The SMILES string of the molecule is CCCC(C(=O)O)c1ccc(OCC)c(OCC)c1. The number of hydrogen-bond acceptors (Lipinski definition) is 3. The minimum Gasteiger partial charge on any atom is -0.490 e. The fraction of sp³-hybridized carbons (Fsp3) is 0.533. The molecule has 0 saturated heterocycles. The lowest BCUT2D eigenvalue weighted by molar-refractivity contribution is -0.139. The van der Waals surface area contributed by atoms with Crippen LogP contribution in [0.5, 0.6) is 11.5 Å². The van der Waals surface area contributed by atoms with Crippen LogP contribution in [0.3, 0.4) is 0 Å². The number of carboxylic acid groups (broad SMARTS) is 1. The molecular weight excluding hydrogens is 244 g/mol. The minimum atomic E-state index is -0.798. The van der Waals surface area contributed by atoms with Gasteiger partial charge in [0.2, 0.25) is 0 Å². The third-order valence-electron chi connectivity index (χ3n) is 2.85. The second-order valence-electron chi connectivity index (χ2n) is 4.25. The normalized spacial score (nSPS) is 11.9. The highest BCUT2D eigenvalue weighted by atomic mass is 16.5. The molecule has 1 atom stereocenters. The van der Waals surface area contributed by atoms with Gasteiger partial charge in [-0.2, -0.15) is 0 Å². The van der Waals surface area contributed by atoms with E-state index < -0.39 is 11.9 Å². The predicted octanol–water partition coefficient (Wildman–Crippen LogP) is 3.45. The molecule has 0 aliphatic carbocycles. The second-order valence-corrected chi connectivity index (χ2v) is 4.25. The number of ether oxygens (including phenoxy) is 2. The average Bonchev–Trinajstić information content (AvgIpc) is 2.38. The molecule has 0 spiro atoms. The quantitative estimate of drug-likeness (QED) is 0.783. The summed E-state index contributed by atoms with van der Waals surface area (Å²) >= 11 is 0. The predicted molar refractivity (Wildman–Crippen MR) is 74.1 cm³/mol. The fourth-order valence-electron chi connectivity index (χ4n) is 2.01. The lowest BCUT2D eigenvalue weighted by atomic mass is 9.94. The number of hydrogen-bond donors (Lipinski definition) is 1. The van der Waals surface area contributed by atoms with Gasteiger partial charge in [0.15, 0.2) is 11.5 Å². The molecule has 1 aromatic carbocycles. The maximum Gasteiger partial charge on any atom is 0.310 e. The van der Waals surface area contributed by atoms with Gasteiger partial charge < -0.3 is 14.6 Å². The third kappa shape index (κ3) is 4.16. The first kappa shape index (κ1) is 15.3. The molecule has 0 bridgehead atoms. The summed E-state index contributed by atoms with van der Waals surface area (Å²) in [5, 5.41) is 9.28. The topological polar surface area (TPSA) is 55.8 Å². The molecule has 0 amide bonds. The van der Waals surface area contributed by atoms with E-state index in [4.69, 9.17) is 9.47 Å². The number of carbonyl (C=O) groups is 1. The summed E-state index contributed by atoms with van der Waals surface area (Å²) in [6.45, 7) is 6.85. The van der Waals surface area contributed by atoms with Gasteiger partial charge >= 0.3 is 5.97 Å². The number of benzene rings is 1. The molecule has 1 unspecified atom stereocenters. The van der Waals surface area contributed by atoms with Gasteiger partial charge in [0.05, 0.1) is 19.1 Å². The van der Waals surface area contributed by atoms with Gasteiger partial charge in [0.25, 0.3) is 0 Å². The molecule has 0 saturated carbocycles. The van der Waals surface area contributed by atoms with Gasteiger partial charge in [-0.15, -0.1) is 0 Å². The van der Waals surface area contributed by atoms with Gasteiger partial charge in [-0.25, -0.2) is 0 Å². The van der Waals surface area contributed by atoms with Crippen molar-refractivity contribution < 1.29 is 19.4 Å². The molecule has 0 radical (unpaired) electrons. The zero-order valence-electron chi connectivity index (χ0n) is 11.8. The zero-order chi connectivity index (χ0) is 14.3. The monoisotopic (exact) mass is 266 g/mol. The summed E-state index contributed by atoms with van der Waals surface area (Å²) < 4.78 is 11.0. The molecule has 0 aliphatic heterocycles. The maximum atomic E-state index is 11.3. The molecule has 4 nitrogen and oxygen atoms in total. The van der Waals surface area contributed by atoms with Gasteiger partial charge in [0, 0.05) is 0 Å². The van der Waals surface area contributed by atoms with E-state index >= 15 is 0 Å². The number of rotatable bonds is 8. The summed E-state index contributed by atoms with van der Waals surface area (Å²) in [4.78, 5) is 11.3. The first-order valence-corrected chi connectivity index (χ1v) is 6.76. The van der Waals surface area contributed by atoms with Crippen molar-refractivity contribution in [2.24, 2.45) is 0 Å². The minimum absolute atomic E-state index is 0.486. The Labute approximate surface area is 114 Å². The van der Waals surface area contributed by atoms with Crippen molar-refractivity contribution in [1.29, 1.82) is 0 Å². The fourth-order valence-corrected chi connectivity index (χ4v) is 2.01. The van der Waals surface area contributed by atoms with Crippen LogP contribution in [0.4, 0.5) is 0 Å². The van der Waals surface area contributed by atoms with E-state index in [-0.39, 0.29) is 0 Å². The molecule has 0 aliphatic rings. The van der Waals surface area contributed by atoms with Crippen molar-refractivity contribution >= 4 is 5.97 Å². The van der Waals surface area contributed by atoms with Crippen LogP contribution in [0.15, 0.2) is 18.2 Å². The van der Waals surface area contributed by atoms with Crippen molar-refractivity contribution in [2.45, 2.75) is 39.5 Å². The van der Waals surface area contributed by atoms with E-state index in [0.717, 1.165) is 12.0 Å². The highest BCUT2D eigenvalue weighted by Gasteiger charge is 2.20. The summed E-state index contributed by atoms with van der Waals surface area (Å²) in [5.41, 5.74) is 0.765. The third-order valence-corrected chi connectivity index (χ3v) is 2.85. The van der Waals surface area contributed by atoms with Gasteiger partial charge in [0.1, 0.15) is 0 Å².